The SMILES string of the molecule is CC(N)C(=O)NC(Cc1ccc(O)cc1)C(=O)NC(CS)C(=O)NC(CC(=O)O)C(=O)O. The van der Waals surface area contributed by atoms with Gasteiger partial charge < -0.3 is 37.0 Å². The van der Waals surface area contributed by atoms with Gasteiger partial charge in [0.05, 0.1) is 12.5 Å². The molecule has 1 aromatic carbocycles. The highest BCUT2D eigenvalue weighted by atomic mass is 32.1. The van der Waals surface area contributed by atoms with Crippen LogP contribution in [0.2, 0.25) is 0 Å². The summed E-state index contributed by atoms with van der Waals surface area (Å²) in [5.41, 5.74) is 6.13. The fraction of sp³-hybridized carbons (Fsp3) is 0.421. The van der Waals surface area contributed by atoms with Crippen molar-refractivity contribution in [3.63, 3.8) is 0 Å². The first-order valence-corrected chi connectivity index (χ1v) is 10.1. The summed E-state index contributed by atoms with van der Waals surface area (Å²) in [5.74, 6) is -5.56. The van der Waals surface area contributed by atoms with Gasteiger partial charge in [0.2, 0.25) is 17.7 Å². The normalized spacial score (nSPS) is 14.3. The van der Waals surface area contributed by atoms with E-state index in [-0.39, 0.29) is 17.9 Å². The summed E-state index contributed by atoms with van der Waals surface area (Å²) < 4.78 is 0. The molecule has 0 saturated carbocycles. The number of nitrogens with one attached hydrogen (secondary N) is 3. The predicted molar refractivity (Wildman–Crippen MR) is 115 cm³/mol. The quantitative estimate of drug-likeness (QED) is 0.162. The molecular formula is C19H26N4O8S. The molecule has 0 aliphatic heterocycles. The first kappa shape index (κ1) is 26.7. The van der Waals surface area contributed by atoms with Gasteiger partial charge in [-0.2, -0.15) is 12.6 Å². The Balaban J connectivity index is 2.96. The molecule has 0 saturated heterocycles. The number of carbonyl (C=O) groups is 5. The molecule has 1 rings (SSSR count). The van der Waals surface area contributed by atoms with E-state index in [4.69, 9.17) is 15.9 Å². The lowest BCUT2D eigenvalue weighted by Gasteiger charge is -2.24. The second-order valence-electron chi connectivity index (χ2n) is 6.96. The maximum absolute atomic E-state index is 12.8. The van der Waals surface area contributed by atoms with Crippen molar-refractivity contribution < 1.29 is 39.3 Å². The number of benzene rings is 1. The monoisotopic (exact) mass is 470 g/mol. The molecule has 3 amide bonds. The van der Waals surface area contributed by atoms with Gasteiger partial charge in [-0.1, -0.05) is 12.1 Å². The molecule has 0 aliphatic carbocycles. The summed E-state index contributed by atoms with van der Waals surface area (Å²) in [5, 5.41) is 34.1. The van der Waals surface area contributed by atoms with Crippen LogP contribution in [0.4, 0.5) is 0 Å². The summed E-state index contributed by atoms with van der Waals surface area (Å²) in [7, 11) is 0. The van der Waals surface area contributed by atoms with Crippen LogP contribution < -0.4 is 21.7 Å². The number of aromatic hydroxyl groups is 1. The lowest BCUT2D eigenvalue weighted by atomic mass is 10.0. The number of rotatable bonds is 12. The van der Waals surface area contributed by atoms with Gasteiger partial charge in [-0.15, -0.1) is 0 Å². The fourth-order valence-corrected chi connectivity index (χ4v) is 2.75. The molecule has 0 radical (unpaired) electrons. The zero-order valence-corrected chi connectivity index (χ0v) is 18.0. The van der Waals surface area contributed by atoms with Crippen molar-refractivity contribution in [3.05, 3.63) is 29.8 Å². The van der Waals surface area contributed by atoms with Gasteiger partial charge in [-0.25, -0.2) is 4.79 Å². The zero-order valence-electron chi connectivity index (χ0n) is 17.1. The Bertz CT molecular complexity index is 846. The highest BCUT2D eigenvalue weighted by molar-refractivity contribution is 7.80. The van der Waals surface area contributed by atoms with E-state index in [1.165, 1.54) is 19.1 Å². The maximum atomic E-state index is 12.8. The molecule has 0 bridgehead atoms. The number of amides is 3. The molecule has 4 atom stereocenters. The number of nitrogens with two attached hydrogens (primary N) is 1. The van der Waals surface area contributed by atoms with E-state index in [0.29, 0.717) is 5.56 Å². The van der Waals surface area contributed by atoms with E-state index in [0.717, 1.165) is 0 Å². The number of carboxylic acids is 2. The Morgan fingerprint density at radius 3 is 1.88 bits per heavy atom. The standard InChI is InChI=1S/C19H26N4O8S/c1-9(20)16(27)21-12(6-10-2-4-11(24)5-3-10)17(28)23-14(8-32)18(29)22-13(19(30)31)7-15(25)26/h2-5,9,12-14,24,32H,6-8,20H2,1H3,(H,21,27)(H,22,29)(H,23,28)(H,25,26)(H,30,31). The van der Waals surface area contributed by atoms with Crippen molar-refractivity contribution in [1.82, 2.24) is 16.0 Å². The minimum Gasteiger partial charge on any atom is -0.508 e. The lowest BCUT2D eigenvalue weighted by molar-refractivity contribution is -0.147. The predicted octanol–water partition coefficient (Wildman–Crippen LogP) is -1.77. The fourth-order valence-electron chi connectivity index (χ4n) is 2.49. The lowest BCUT2D eigenvalue weighted by Crippen LogP contribution is -2.58. The molecule has 13 heteroatoms. The molecule has 1 aromatic rings. The second-order valence-corrected chi connectivity index (χ2v) is 7.33. The Labute approximate surface area is 189 Å². The van der Waals surface area contributed by atoms with E-state index in [2.05, 4.69) is 23.3 Å². The van der Waals surface area contributed by atoms with E-state index in [1.54, 1.807) is 12.1 Å². The Morgan fingerprint density at radius 1 is 0.906 bits per heavy atom. The number of phenols is 1. The van der Waals surface area contributed by atoms with Gasteiger partial charge in [0.15, 0.2) is 0 Å². The van der Waals surface area contributed by atoms with Crippen LogP contribution in [0.15, 0.2) is 24.3 Å². The molecule has 0 aliphatic rings. The largest absolute Gasteiger partial charge is 0.508 e. The first-order chi connectivity index (χ1) is 14.9. The topological polar surface area (TPSA) is 208 Å². The molecule has 0 heterocycles. The average Bonchev–Trinajstić information content (AvgIpc) is 2.71. The van der Waals surface area contributed by atoms with E-state index in [9.17, 15) is 29.1 Å². The van der Waals surface area contributed by atoms with E-state index < -0.39 is 60.2 Å². The van der Waals surface area contributed by atoms with Crippen LogP contribution in [0, 0.1) is 0 Å². The van der Waals surface area contributed by atoms with Crippen LogP contribution >= 0.6 is 12.6 Å². The smallest absolute Gasteiger partial charge is 0.326 e. The number of carboxylic acid groups (broad SMARTS) is 2. The molecular weight excluding hydrogens is 444 g/mol. The van der Waals surface area contributed by atoms with Gasteiger partial charge in [-0.3, -0.25) is 19.2 Å². The summed E-state index contributed by atoms with van der Waals surface area (Å²) >= 11 is 3.98. The average molecular weight is 471 g/mol. The van der Waals surface area contributed by atoms with Crippen LogP contribution in [-0.2, 0) is 30.4 Å². The number of aliphatic carboxylic acids is 2. The number of phenolic OH excluding ortho intramolecular Hbond substituents is 1. The van der Waals surface area contributed by atoms with Crippen molar-refractivity contribution in [2.45, 2.75) is 43.9 Å². The van der Waals surface area contributed by atoms with Gasteiger partial charge in [0, 0.05) is 12.2 Å². The third-order valence-electron chi connectivity index (χ3n) is 4.23. The minimum absolute atomic E-state index is 0.00223. The van der Waals surface area contributed by atoms with Crippen LogP contribution in [0.1, 0.15) is 18.9 Å². The molecule has 8 N–H and O–H groups in total. The summed E-state index contributed by atoms with van der Waals surface area (Å²) in [6.07, 6.45) is -0.857. The number of thiol groups is 1. The van der Waals surface area contributed by atoms with Gasteiger partial charge in [0.25, 0.3) is 0 Å². The molecule has 12 nitrogen and oxygen atoms in total. The summed E-state index contributed by atoms with van der Waals surface area (Å²) in [6, 6.07) is 0.802. The molecule has 0 spiro atoms. The van der Waals surface area contributed by atoms with E-state index >= 15 is 0 Å². The highest BCUT2D eigenvalue weighted by Crippen LogP contribution is 2.12. The van der Waals surface area contributed by atoms with Gasteiger partial charge >= 0.3 is 11.9 Å². The summed E-state index contributed by atoms with van der Waals surface area (Å²) in [6.45, 7) is 1.42. The Morgan fingerprint density at radius 2 is 1.41 bits per heavy atom. The third kappa shape index (κ3) is 8.81. The molecule has 32 heavy (non-hydrogen) atoms. The van der Waals surface area contributed by atoms with Crippen molar-refractivity contribution in [2.75, 3.05) is 5.75 Å². The molecule has 176 valence electrons. The van der Waals surface area contributed by atoms with Crippen molar-refractivity contribution in [1.29, 1.82) is 0 Å². The molecule has 0 aromatic heterocycles. The third-order valence-corrected chi connectivity index (χ3v) is 4.60. The van der Waals surface area contributed by atoms with Gasteiger partial charge in [0.1, 0.15) is 23.9 Å². The van der Waals surface area contributed by atoms with Crippen molar-refractivity contribution in [2.24, 2.45) is 5.73 Å². The number of carbonyl (C=O) groups excluding carboxylic acids is 3. The van der Waals surface area contributed by atoms with Crippen LogP contribution in [0.3, 0.4) is 0 Å². The van der Waals surface area contributed by atoms with Gasteiger partial charge in [-0.05, 0) is 24.6 Å². The maximum Gasteiger partial charge on any atom is 0.326 e. The Kier molecular flexibility index (Phi) is 10.4. The zero-order chi connectivity index (χ0) is 24.4. The molecule has 4 unspecified atom stereocenters. The van der Waals surface area contributed by atoms with Crippen molar-refractivity contribution in [3.8, 4) is 5.75 Å². The first-order valence-electron chi connectivity index (χ1n) is 9.44. The minimum atomic E-state index is -1.70. The van der Waals surface area contributed by atoms with E-state index in [1.807, 2.05) is 5.32 Å². The van der Waals surface area contributed by atoms with Crippen LogP contribution in [0.25, 0.3) is 0 Å². The van der Waals surface area contributed by atoms with Crippen LogP contribution in [0.5, 0.6) is 5.75 Å². The number of hydrogen-bond donors (Lipinski definition) is 8. The Hall–Kier alpha value is -3.32. The van der Waals surface area contributed by atoms with Crippen LogP contribution in [-0.4, -0.2) is 74.9 Å². The second kappa shape index (κ2) is 12.5. The number of hydrogen-bond acceptors (Lipinski definition) is 8. The van der Waals surface area contributed by atoms with Crippen molar-refractivity contribution >= 4 is 42.3 Å². The summed E-state index contributed by atoms with van der Waals surface area (Å²) in [4.78, 5) is 59.2. The molecule has 0 fully saturated rings. The highest BCUT2D eigenvalue weighted by Gasteiger charge is 2.30.